The Balaban J connectivity index is 1.80. The van der Waals surface area contributed by atoms with Gasteiger partial charge in [0.25, 0.3) is 0 Å². The van der Waals surface area contributed by atoms with E-state index in [0.717, 1.165) is 22.3 Å². The second-order valence-electron chi connectivity index (χ2n) is 4.20. The molecule has 0 aliphatic carbocycles. The molecule has 5 heteroatoms. The number of hydrogen-bond donors (Lipinski definition) is 2. The van der Waals surface area contributed by atoms with Crippen LogP contribution >= 0.6 is 23.2 Å². The van der Waals surface area contributed by atoms with E-state index < -0.39 is 0 Å². The van der Waals surface area contributed by atoms with Crippen LogP contribution in [0.25, 0.3) is 11.0 Å². The molecule has 2 N–H and O–H groups in total. The molecule has 3 rings (SSSR count). The van der Waals surface area contributed by atoms with Gasteiger partial charge in [-0.1, -0.05) is 29.3 Å². The number of anilines is 1. The summed E-state index contributed by atoms with van der Waals surface area (Å²) in [5, 5.41) is 5.57. The molecule has 2 aromatic heterocycles. The van der Waals surface area contributed by atoms with Gasteiger partial charge in [0.1, 0.15) is 5.65 Å². The molecule has 19 heavy (non-hydrogen) atoms. The molecule has 0 unspecified atom stereocenters. The molecule has 1 aromatic carbocycles. The molecule has 0 fully saturated rings. The van der Waals surface area contributed by atoms with Gasteiger partial charge < -0.3 is 10.3 Å². The van der Waals surface area contributed by atoms with Crippen LogP contribution in [-0.4, -0.2) is 9.97 Å². The first-order valence-electron chi connectivity index (χ1n) is 5.84. The first-order valence-corrected chi connectivity index (χ1v) is 6.59. The fraction of sp³-hybridized carbons (Fsp3) is 0.0714. The van der Waals surface area contributed by atoms with Crippen LogP contribution in [-0.2, 0) is 6.54 Å². The number of aromatic amines is 1. The third kappa shape index (κ3) is 2.53. The van der Waals surface area contributed by atoms with Crippen LogP contribution < -0.4 is 5.32 Å². The van der Waals surface area contributed by atoms with Crippen LogP contribution in [0, 0.1) is 0 Å². The van der Waals surface area contributed by atoms with Gasteiger partial charge >= 0.3 is 0 Å². The molecule has 3 aromatic rings. The highest BCUT2D eigenvalue weighted by atomic mass is 35.5. The van der Waals surface area contributed by atoms with Gasteiger partial charge in [0.05, 0.1) is 15.7 Å². The van der Waals surface area contributed by atoms with Crippen LogP contribution in [0.3, 0.4) is 0 Å². The molecular formula is C14H11Cl2N3. The molecule has 0 atom stereocenters. The number of nitrogens with zero attached hydrogens (tertiary/aromatic N) is 1. The Morgan fingerprint density at radius 1 is 1.16 bits per heavy atom. The highest BCUT2D eigenvalue weighted by Crippen LogP contribution is 2.24. The van der Waals surface area contributed by atoms with Crippen LogP contribution in [0.2, 0.25) is 10.0 Å². The second kappa shape index (κ2) is 5.11. The summed E-state index contributed by atoms with van der Waals surface area (Å²) in [5.74, 6) is 0. The molecular weight excluding hydrogens is 281 g/mol. The lowest BCUT2D eigenvalue weighted by Gasteiger charge is -2.06. The van der Waals surface area contributed by atoms with Crippen molar-refractivity contribution in [1.29, 1.82) is 0 Å². The van der Waals surface area contributed by atoms with Crippen molar-refractivity contribution in [2.75, 3.05) is 5.32 Å². The quantitative estimate of drug-likeness (QED) is 0.747. The number of H-pyrrole nitrogens is 1. The number of fused-ring (bicyclic) bond motifs is 1. The minimum absolute atomic E-state index is 0.571. The van der Waals surface area contributed by atoms with Crippen LogP contribution in [0.5, 0.6) is 0 Å². The molecule has 2 heterocycles. The standard InChI is InChI=1S/C14H11Cl2N3/c15-11-4-3-9(6-12(11)16)7-18-13-8-19-14-10(13)2-1-5-17-14/h1-6,8,18H,7H2,(H,17,19). The van der Waals surface area contributed by atoms with Crippen LogP contribution in [0.4, 0.5) is 5.69 Å². The first kappa shape index (κ1) is 12.3. The van der Waals surface area contributed by atoms with Gasteiger partial charge in [0.2, 0.25) is 0 Å². The van der Waals surface area contributed by atoms with E-state index in [1.807, 2.05) is 30.5 Å². The van der Waals surface area contributed by atoms with E-state index in [4.69, 9.17) is 23.2 Å². The Bertz CT molecular complexity index is 722. The molecule has 0 radical (unpaired) electrons. The van der Waals surface area contributed by atoms with Crippen molar-refractivity contribution in [3.8, 4) is 0 Å². The lowest BCUT2D eigenvalue weighted by molar-refractivity contribution is 1.15. The van der Waals surface area contributed by atoms with Gasteiger partial charge in [-0.2, -0.15) is 0 Å². The molecule has 0 aliphatic rings. The molecule has 0 saturated heterocycles. The Morgan fingerprint density at radius 2 is 2.05 bits per heavy atom. The van der Waals surface area contributed by atoms with E-state index in [2.05, 4.69) is 15.3 Å². The summed E-state index contributed by atoms with van der Waals surface area (Å²) in [6.45, 7) is 0.679. The summed E-state index contributed by atoms with van der Waals surface area (Å²) in [6, 6.07) is 9.56. The van der Waals surface area contributed by atoms with Gasteiger partial charge in [-0.05, 0) is 29.8 Å². The molecule has 96 valence electrons. The fourth-order valence-electron chi connectivity index (χ4n) is 1.95. The van der Waals surface area contributed by atoms with Crippen molar-refractivity contribution in [1.82, 2.24) is 9.97 Å². The maximum Gasteiger partial charge on any atom is 0.139 e. The highest BCUT2D eigenvalue weighted by molar-refractivity contribution is 6.42. The Morgan fingerprint density at radius 3 is 2.89 bits per heavy atom. The summed E-state index contributed by atoms with van der Waals surface area (Å²) in [7, 11) is 0. The molecule has 3 nitrogen and oxygen atoms in total. The lowest BCUT2D eigenvalue weighted by Crippen LogP contribution is -1.98. The number of aromatic nitrogens is 2. The smallest absolute Gasteiger partial charge is 0.139 e. The third-order valence-corrected chi connectivity index (χ3v) is 3.66. The van der Waals surface area contributed by atoms with E-state index in [9.17, 15) is 0 Å². The van der Waals surface area contributed by atoms with Crippen molar-refractivity contribution in [2.45, 2.75) is 6.54 Å². The Hall–Kier alpha value is -1.71. The topological polar surface area (TPSA) is 40.7 Å². The molecule has 0 spiro atoms. The number of rotatable bonds is 3. The van der Waals surface area contributed by atoms with E-state index in [1.165, 1.54) is 0 Å². The predicted octanol–water partition coefficient (Wildman–Crippen LogP) is 4.48. The van der Waals surface area contributed by atoms with Crippen molar-refractivity contribution in [2.24, 2.45) is 0 Å². The van der Waals surface area contributed by atoms with Crippen LogP contribution in [0.1, 0.15) is 5.56 Å². The van der Waals surface area contributed by atoms with E-state index >= 15 is 0 Å². The molecule has 0 saturated carbocycles. The minimum atomic E-state index is 0.571. The average Bonchev–Trinajstić information content (AvgIpc) is 2.83. The van der Waals surface area contributed by atoms with Gasteiger partial charge in [-0.15, -0.1) is 0 Å². The van der Waals surface area contributed by atoms with Gasteiger partial charge in [0, 0.05) is 24.3 Å². The summed E-state index contributed by atoms with van der Waals surface area (Å²) >= 11 is 11.9. The highest BCUT2D eigenvalue weighted by Gasteiger charge is 2.04. The Kier molecular flexibility index (Phi) is 3.32. The zero-order valence-corrected chi connectivity index (χ0v) is 11.5. The number of benzene rings is 1. The van der Waals surface area contributed by atoms with Crippen LogP contribution in [0.15, 0.2) is 42.7 Å². The monoisotopic (exact) mass is 291 g/mol. The maximum atomic E-state index is 5.99. The summed E-state index contributed by atoms with van der Waals surface area (Å²) in [5.41, 5.74) is 2.97. The summed E-state index contributed by atoms with van der Waals surface area (Å²) in [6.07, 6.45) is 3.68. The Labute approximate surface area is 120 Å². The van der Waals surface area contributed by atoms with Gasteiger partial charge in [0.15, 0.2) is 0 Å². The van der Waals surface area contributed by atoms with E-state index in [-0.39, 0.29) is 0 Å². The normalized spacial score (nSPS) is 10.8. The lowest BCUT2D eigenvalue weighted by atomic mass is 10.2. The SMILES string of the molecule is Clc1ccc(CNc2c[nH]c3ncccc23)cc1Cl. The van der Waals surface area contributed by atoms with Gasteiger partial charge in [-0.3, -0.25) is 0 Å². The average molecular weight is 292 g/mol. The van der Waals surface area contributed by atoms with Crippen molar-refractivity contribution in [3.05, 3.63) is 58.3 Å². The van der Waals surface area contributed by atoms with Crippen molar-refractivity contribution >= 4 is 39.9 Å². The second-order valence-corrected chi connectivity index (χ2v) is 5.02. The molecule has 0 bridgehead atoms. The summed E-state index contributed by atoms with van der Waals surface area (Å²) in [4.78, 5) is 7.37. The van der Waals surface area contributed by atoms with E-state index in [0.29, 0.717) is 16.6 Å². The molecule has 0 amide bonds. The number of pyridine rings is 1. The van der Waals surface area contributed by atoms with Crippen molar-refractivity contribution in [3.63, 3.8) is 0 Å². The van der Waals surface area contributed by atoms with Crippen molar-refractivity contribution < 1.29 is 0 Å². The number of nitrogens with one attached hydrogen (secondary N) is 2. The molecule has 0 aliphatic heterocycles. The third-order valence-electron chi connectivity index (χ3n) is 2.92. The van der Waals surface area contributed by atoms with E-state index in [1.54, 1.807) is 12.3 Å². The number of hydrogen-bond acceptors (Lipinski definition) is 2. The fourth-order valence-corrected chi connectivity index (χ4v) is 2.27. The minimum Gasteiger partial charge on any atom is -0.379 e. The first-order chi connectivity index (χ1) is 9.24. The predicted molar refractivity (Wildman–Crippen MR) is 79.9 cm³/mol. The number of halogens is 2. The zero-order valence-electron chi connectivity index (χ0n) is 9.95. The largest absolute Gasteiger partial charge is 0.379 e. The van der Waals surface area contributed by atoms with Gasteiger partial charge in [-0.25, -0.2) is 4.98 Å². The summed E-state index contributed by atoms with van der Waals surface area (Å²) < 4.78 is 0. The zero-order chi connectivity index (χ0) is 13.2. The maximum absolute atomic E-state index is 5.99.